The number of rotatable bonds is 3. The average molecular weight is 234 g/mol. The Morgan fingerprint density at radius 3 is 2.53 bits per heavy atom. The summed E-state index contributed by atoms with van der Waals surface area (Å²) in [6.07, 6.45) is 2.70. The van der Waals surface area contributed by atoms with Crippen molar-refractivity contribution >= 4 is 5.69 Å². The Morgan fingerprint density at radius 1 is 1.29 bits per heavy atom. The molecule has 17 heavy (non-hydrogen) atoms. The zero-order chi connectivity index (χ0) is 12.3. The molecule has 1 saturated heterocycles. The molecule has 0 spiro atoms. The standard InChI is InChI=1S/C14H22N2O/c1-16(2)13-6-4-12(5-7-13)10-14(17)8-3-9-15-11-14/h4-7,15,17H,3,8-11H2,1-2H3. The Bertz CT molecular complexity index is 353. The second-order valence-electron chi connectivity index (χ2n) is 5.24. The first kappa shape index (κ1) is 12.4. The van der Waals surface area contributed by atoms with Crippen LogP contribution in [0.5, 0.6) is 0 Å². The van der Waals surface area contributed by atoms with Crippen molar-refractivity contribution < 1.29 is 5.11 Å². The number of anilines is 1. The second kappa shape index (κ2) is 5.07. The topological polar surface area (TPSA) is 35.5 Å². The molecule has 0 aromatic heterocycles. The summed E-state index contributed by atoms with van der Waals surface area (Å²) in [6.45, 7) is 1.74. The van der Waals surface area contributed by atoms with Crippen LogP contribution in [0.1, 0.15) is 18.4 Å². The molecule has 1 aliphatic rings. The predicted molar refractivity (Wildman–Crippen MR) is 71.5 cm³/mol. The van der Waals surface area contributed by atoms with Crippen molar-refractivity contribution in [2.45, 2.75) is 24.9 Å². The first-order chi connectivity index (χ1) is 8.09. The van der Waals surface area contributed by atoms with Crippen molar-refractivity contribution in [1.82, 2.24) is 5.32 Å². The molecule has 0 bridgehead atoms. The average Bonchev–Trinajstić information content (AvgIpc) is 2.30. The smallest absolute Gasteiger partial charge is 0.0812 e. The van der Waals surface area contributed by atoms with Crippen LogP contribution in [-0.2, 0) is 6.42 Å². The van der Waals surface area contributed by atoms with Crippen molar-refractivity contribution in [2.75, 3.05) is 32.1 Å². The lowest BCUT2D eigenvalue weighted by Crippen LogP contribution is -2.47. The summed E-state index contributed by atoms with van der Waals surface area (Å²) in [6, 6.07) is 8.44. The van der Waals surface area contributed by atoms with Gasteiger partial charge in [-0.05, 0) is 37.1 Å². The molecule has 3 nitrogen and oxygen atoms in total. The van der Waals surface area contributed by atoms with Gasteiger partial charge < -0.3 is 15.3 Å². The maximum atomic E-state index is 10.4. The fourth-order valence-corrected chi connectivity index (χ4v) is 2.39. The summed E-state index contributed by atoms with van der Waals surface area (Å²) in [5.41, 5.74) is 1.85. The molecule has 3 heteroatoms. The minimum atomic E-state index is -0.558. The van der Waals surface area contributed by atoms with Gasteiger partial charge in [0.1, 0.15) is 0 Å². The highest BCUT2D eigenvalue weighted by molar-refractivity contribution is 5.46. The van der Waals surface area contributed by atoms with E-state index in [4.69, 9.17) is 0 Å². The lowest BCUT2D eigenvalue weighted by Gasteiger charge is -2.32. The molecule has 0 aliphatic carbocycles. The molecule has 1 aliphatic heterocycles. The monoisotopic (exact) mass is 234 g/mol. The van der Waals surface area contributed by atoms with Crippen molar-refractivity contribution in [3.63, 3.8) is 0 Å². The molecule has 1 aromatic rings. The molecule has 0 amide bonds. The van der Waals surface area contributed by atoms with Crippen LogP contribution in [0.4, 0.5) is 5.69 Å². The minimum absolute atomic E-state index is 0.558. The second-order valence-corrected chi connectivity index (χ2v) is 5.24. The number of nitrogens with zero attached hydrogens (tertiary/aromatic N) is 1. The summed E-state index contributed by atoms with van der Waals surface area (Å²) in [5.74, 6) is 0. The number of piperidine rings is 1. The lowest BCUT2D eigenvalue weighted by atomic mass is 9.87. The number of nitrogens with one attached hydrogen (secondary N) is 1. The first-order valence-corrected chi connectivity index (χ1v) is 6.28. The van der Waals surface area contributed by atoms with E-state index in [-0.39, 0.29) is 0 Å². The number of aliphatic hydroxyl groups is 1. The van der Waals surface area contributed by atoms with Gasteiger partial charge in [-0.3, -0.25) is 0 Å². The van der Waals surface area contributed by atoms with Gasteiger partial charge in [-0.2, -0.15) is 0 Å². The zero-order valence-electron chi connectivity index (χ0n) is 10.7. The molecular weight excluding hydrogens is 212 g/mol. The van der Waals surface area contributed by atoms with E-state index in [0.29, 0.717) is 6.54 Å². The first-order valence-electron chi connectivity index (χ1n) is 6.28. The third-order valence-corrected chi connectivity index (χ3v) is 3.44. The predicted octanol–water partition coefficient (Wildman–Crippen LogP) is 1.41. The third kappa shape index (κ3) is 3.20. The Labute approximate surface area is 103 Å². The van der Waals surface area contributed by atoms with E-state index in [9.17, 15) is 5.11 Å². The largest absolute Gasteiger partial charge is 0.388 e. The molecule has 2 rings (SSSR count). The van der Waals surface area contributed by atoms with Gasteiger partial charge in [-0.25, -0.2) is 0 Å². The summed E-state index contributed by atoms with van der Waals surface area (Å²) in [4.78, 5) is 2.08. The highest BCUT2D eigenvalue weighted by atomic mass is 16.3. The van der Waals surface area contributed by atoms with E-state index in [0.717, 1.165) is 25.8 Å². The van der Waals surface area contributed by atoms with Crippen molar-refractivity contribution in [1.29, 1.82) is 0 Å². The number of β-amino-alcohol motifs (C(OH)–C–C–N with tert-alkyl or cyclic N) is 1. The van der Waals surface area contributed by atoms with Gasteiger partial charge >= 0.3 is 0 Å². The van der Waals surface area contributed by atoms with Crippen LogP contribution in [0.3, 0.4) is 0 Å². The van der Waals surface area contributed by atoms with Crippen LogP contribution in [0.15, 0.2) is 24.3 Å². The van der Waals surface area contributed by atoms with Crippen LogP contribution in [0.2, 0.25) is 0 Å². The number of hydrogen-bond acceptors (Lipinski definition) is 3. The summed E-state index contributed by atoms with van der Waals surface area (Å²) in [7, 11) is 4.07. The molecule has 0 radical (unpaired) electrons. The van der Waals surface area contributed by atoms with Gasteiger partial charge in [-0.15, -0.1) is 0 Å². The van der Waals surface area contributed by atoms with Crippen molar-refractivity contribution in [3.05, 3.63) is 29.8 Å². The zero-order valence-corrected chi connectivity index (χ0v) is 10.7. The molecule has 2 N–H and O–H groups in total. The fraction of sp³-hybridized carbons (Fsp3) is 0.571. The van der Waals surface area contributed by atoms with Gasteiger partial charge in [0.05, 0.1) is 5.60 Å². The number of benzene rings is 1. The third-order valence-electron chi connectivity index (χ3n) is 3.44. The van der Waals surface area contributed by atoms with E-state index < -0.39 is 5.60 Å². The molecule has 0 saturated carbocycles. The van der Waals surface area contributed by atoms with Crippen LogP contribution < -0.4 is 10.2 Å². The SMILES string of the molecule is CN(C)c1ccc(CC2(O)CCCNC2)cc1. The van der Waals surface area contributed by atoms with E-state index in [1.165, 1.54) is 11.3 Å². The molecular formula is C14H22N2O. The summed E-state index contributed by atoms with van der Waals surface area (Å²) in [5, 5.41) is 13.7. The van der Waals surface area contributed by atoms with Crippen LogP contribution in [-0.4, -0.2) is 37.9 Å². The quantitative estimate of drug-likeness (QED) is 0.830. The Balaban J connectivity index is 2.03. The summed E-state index contributed by atoms with van der Waals surface area (Å²) >= 11 is 0. The Morgan fingerprint density at radius 2 is 2.00 bits per heavy atom. The Hall–Kier alpha value is -1.06. The van der Waals surface area contributed by atoms with Gasteiger partial charge in [0.25, 0.3) is 0 Å². The highest BCUT2D eigenvalue weighted by Gasteiger charge is 2.29. The van der Waals surface area contributed by atoms with E-state index in [1.807, 2.05) is 14.1 Å². The molecule has 1 aromatic carbocycles. The highest BCUT2D eigenvalue weighted by Crippen LogP contribution is 2.22. The fourth-order valence-electron chi connectivity index (χ4n) is 2.39. The van der Waals surface area contributed by atoms with Crippen LogP contribution in [0, 0.1) is 0 Å². The molecule has 1 atom stereocenters. The van der Waals surface area contributed by atoms with Gasteiger partial charge in [0.2, 0.25) is 0 Å². The van der Waals surface area contributed by atoms with Crippen LogP contribution >= 0.6 is 0 Å². The molecule has 1 unspecified atom stereocenters. The van der Waals surface area contributed by atoms with Gasteiger partial charge in [0, 0.05) is 32.7 Å². The van der Waals surface area contributed by atoms with E-state index in [1.54, 1.807) is 0 Å². The van der Waals surface area contributed by atoms with Gasteiger partial charge in [-0.1, -0.05) is 12.1 Å². The summed E-state index contributed by atoms with van der Waals surface area (Å²) < 4.78 is 0. The lowest BCUT2D eigenvalue weighted by molar-refractivity contribution is 0.0169. The maximum absolute atomic E-state index is 10.4. The Kier molecular flexibility index (Phi) is 3.69. The molecule has 1 heterocycles. The molecule has 94 valence electrons. The normalized spacial score (nSPS) is 24.6. The van der Waals surface area contributed by atoms with E-state index >= 15 is 0 Å². The van der Waals surface area contributed by atoms with Gasteiger partial charge in [0.15, 0.2) is 0 Å². The molecule has 1 fully saturated rings. The van der Waals surface area contributed by atoms with Crippen LogP contribution in [0.25, 0.3) is 0 Å². The minimum Gasteiger partial charge on any atom is -0.388 e. The van der Waals surface area contributed by atoms with Crippen molar-refractivity contribution in [2.24, 2.45) is 0 Å². The maximum Gasteiger partial charge on any atom is 0.0812 e. The van der Waals surface area contributed by atoms with Crippen molar-refractivity contribution in [3.8, 4) is 0 Å². The van der Waals surface area contributed by atoms with E-state index in [2.05, 4.69) is 34.5 Å². The number of hydrogen-bond donors (Lipinski definition) is 2.